The molecule has 1 aliphatic carbocycles. The summed E-state index contributed by atoms with van der Waals surface area (Å²) in [5, 5.41) is 8.95. The Morgan fingerprint density at radius 2 is 2.54 bits per heavy atom. The molecule has 1 heterocycles. The first kappa shape index (κ1) is 8.22. The zero-order valence-corrected chi connectivity index (χ0v) is 7.29. The zero-order valence-electron chi connectivity index (χ0n) is 7.29. The van der Waals surface area contributed by atoms with E-state index >= 15 is 0 Å². The Balaban J connectivity index is 1.78. The average Bonchev–Trinajstić information content (AvgIpc) is 2.52. The number of H-pyrrole nitrogens is 1. The van der Waals surface area contributed by atoms with Crippen LogP contribution in [0.3, 0.4) is 0 Å². The van der Waals surface area contributed by atoms with Gasteiger partial charge in [0, 0.05) is 6.54 Å². The third-order valence-electron chi connectivity index (χ3n) is 2.41. The van der Waals surface area contributed by atoms with Gasteiger partial charge >= 0.3 is 0 Å². The normalized spacial score (nSPS) is 16.6. The molecule has 2 N–H and O–H groups in total. The predicted octanol–water partition coefficient (Wildman–Crippen LogP) is 0.335. The van der Waals surface area contributed by atoms with Gasteiger partial charge in [-0.1, -0.05) is 6.42 Å². The van der Waals surface area contributed by atoms with Crippen LogP contribution in [0.1, 0.15) is 29.9 Å². The van der Waals surface area contributed by atoms with Gasteiger partial charge < -0.3 is 5.32 Å². The number of hydrogen-bond donors (Lipinski definition) is 2. The fourth-order valence-electron chi connectivity index (χ4n) is 1.33. The van der Waals surface area contributed by atoms with Gasteiger partial charge in [0.25, 0.3) is 5.91 Å². The number of hydrogen-bond acceptors (Lipinski definition) is 3. The van der Waals surface area contributed by atoms with Crippen LogP contribution in [0, 0.1) is 5.92 Å². The summed E-state index contributed by atoms with van der Waals surface area (Å²) in [5.41, 5.74) is 0. The van der Waals surface area contributed by atoms with Gasteiger partial charge in [0.15, 0.2) is 0 Å². The number of amides is 1. The molecule has 1 fully saturated rings. The smallest absolute Gasteiger partial charge is 0.288 e. The number of aromatic nitrogens is 3. The van der Waals surface area contributed by atoms with Crippen LogP contribution in [0.5, 0.6) is 0 Å². The van der Waals surface area contributed by atoms with Crippen molar-refractivity contribution in [3.8, 4) is 0 Å². The molecule has 5 nitrogen and oxygen atoms in total. The van der Waals surface area contributed by atoms with E-state index in [0.717, 1.165) is 6.54 Å². The van der Waals surface area contributed by atoms with Gasteiger partial charge in [-0.2, -0.15) is 5.10 Å². The molecule has 2 rings (SSSR count). The quantitative estimate of drug-likeness (QED) is 0.704. The molecule has 0 aromatic carbocycles. The average molecular weight is 180 g/mol. The van der Waals surface area contributed by atoms with Gasteiger partial charge in [-0.05, 0) is 18.8 Å². The van der Waals surface area contributed by atoms with Gasteiger partial charge in [0.05, 0.1) is 0 Å². The standard InChI is InChI=1S/C8H12N4O/c13-8(7-10-5-11-12-7)9-4-6-2-1-3-6/h5-6H,1-4H2,(H,9,13)(H,10,11,12). The van der Waals surface area contributed by atoms with Crippen LogP contribution in [0.15, 0.2) is 6.33 Å². The van der Waals surface area contributed by atoms with Crippen LogP contribution in [0.4, 0.5) is 0 Å². The number of aromatic amines is 1. The first-order chi connectivity index (χ1) is 6.36. The molecule has 0 bridgehead atoms. The van der Waals surface area contributed by atoms with Gasteiger partial charge in [-0.15, -0.1) is 0 Å². The van der Waals surface area contributed by atoms with Crippen LogP contribution in [-0.2, 0) is 0 Å². The molecule has 0 radical (unpaired) electrons. The van der Waals surface area contributed by atoms with Crippen molar-refractivity contribution in [2.75, 3.05) is 6.54 Å². The van der Waals surface area contributed by atoms with Crippen LogP contribution in [0.25, 0.3) is 0 Å². The van der Waals surface area contributed by atoms with Crippen molar-refractivity contribution in [1.29, 1.82) is 0 Å². The van der Waals surface area contributed by atoms with E-state index in [0.29, 0.717) is 11.7 Å². The second-order valence-corrected chi connectivity index (χ2v) is 3.34. The highest BCUT2D eigenvalue weighted by molar-refractivity contribution is 5.90. The van der Waals surface area contributed by atoms with Crippen molar-refractivity contribution >= 4 is 5.91 Å². The summed E-state index contributed by atoms with van der Waals surface area (Å²) < 4.78 is 0. The van der Waals surface area contributed by atoms with Crippen molar-refractivity contribution in [2.45, 2.75) is 19.3 Å². The molecule has 1 aromatic rings. The highest BCUT2D eigenvalue weighted by atomic mass is 16.2. The largest absolute Gasteiger partial charge is 0.349 e. The van der Waals surface area contributed by atoms with E-state index in [1.807, 2.05) is 0 Å². The molecule has 13 heavy (non-hydrogen) atoms. The lowest BCUT2D eigenvalue weighted by atomic mass is 9.85. The highest BCUT2D eigenvalue weighted by Crippen LogP contribution is 2.25. The molecule has 0 unspecified atom stereocenters. The molecule has 0 atom stereocenters. The van der Waals surface area contributed by atoms with Crippen molar-refractivity contribution in [3.63, 3.8) is 0 Å². The monoisotopic (exact) mass is 180 g/mol. The molecule has 70 valence electrons. The van der Waals surface area contributed by atoms with Gasteiger partial charge in [0.2, 0.25) is 5.82 Å². The molecule has 0 saturated heterocycles. The number of nitrogens with one attached hydrogen (secondary N) is 2. The van der Waals surface area contributed by atoms with E-state index in [2.05, 4.69) is 20.5 Å². The Bertz CT molecular complexity index is 278. The van der Waals surface area contributed by atoms with Crippen molar-refractivity contribution in [2.24, 2.45) is 5.92 Å². The van der Waals surface area contributed by atoms with E-state index in [4.69, 9.17) is 0 Å². The molecule has 0 spiro atoms. The second-order valence-electron chi connectivity index (χ2n) is 3.34. The molecular formula is C8H12N4O. The predicted molar refractivity (Wildman–Crippen MR) is 46.1 cm³/mol. The third-order valence-corrected chi connectivity index (χ3v) is 2.41. The fourth-order valence-corrected chi connectivity index (χ4v) is 1.33. The summed E-state index contributed by atoms with van der Waals surface area (Å²) >= 11 is 0. The molecule has 0 aliphatic heterocycles. The summed E-state index contributed by atoms with van der Waals surface area (Å²) in [7, 11) is 0. The van der Waals surface area contributed by atoms with E-state index in [-0.39, 0.29) is 5.91 Å². The fraction of sp³-hybridized carbons (Fsp3) is 0.625. The van der Waals surface area contributed by atoms with Gasteiger partial charge in [0.1, 0.15) is 6.33 Å². The summed E-state index contributed by atoms with van der Waals surface area (Å²) in [4.78, 5) is 15.1. The van der Waals surface area contributed by atoms with E-state index < -0.39 is 0 Å². The molecule has 1 aromatic heterocycles. The second kappa shape index (κ2) is 3.55. The maximum Gasteiger partial charge on any atom is 0.288 e. The summed E-state index contributed by atoms with van der Waals surface area (Å²) in [5.74, 6) is 0.801. The number of nitrogens with zero attached hydrogens (tertiary/aromatic N) is 2. The minimum Gasteiger partial charge on any atom is -0.349 e. The van der Waals surface area contributed by atoms with Crippen LogP contribution >= 0.6 is 0 Å². The number of carbonyl (C=O) groups excluding carboxylic acids is 1. The third kappa shape index (κ3) is 1.85. The highest BCUT2D eigenvalue weighted by Gasteiger charge is 2.18. The Kier molecular flexibility index (Phi) is 2.25. The maximum atomic E-state index is 11.3. The zero-order chi connectivity index (χ0) is 9.10. The van der Waals surface area contributed by atoms with Crippen molar-refractivity contribution in [3.05, 3.63) is 12.2 Å². The summed E-state index contributed by atoms with van der Waals surface area (Å²) in [6.45, 7) is 0.763. The van der Waals surface area contributed by atoms with E-state index in [1.165, 1.54) is 25.6 Å². The Hall–Kier alpha value is -1.39. The lowest BCUT2D eigenvalue weighted by molar-refractivity contribution is 0.0929. The molecule has 1 saturated carbocycles. The molecular weight excluding hydrogens is 168 g/mol. The van der Waals surface area contributed by atoms with Crippen molar-refractivity contribution < 1.29 is 4.79 Å². The van der Waals surface area contributed by atoms with Crippen LogP contribution < -0.4 is 5.32 Å². The molecule has 5 heteroatoms. The number of rotatable bonds is 3. The van der Waals surface area contributed by atoms with Gasteiger partial charge in [-0.3, -0.25) is 9.89 Å². The summed E-state index contributed by atoms with van der Waals surface area (Å²) in [6, 6.07) is 0. The lowest BCUT2D eigenvalue weighted by Crippen LogP contribution is -2.32. The van der Waals surface area contributed by atoms with Gasteiger partial charge in [-0.25, -0.2) is 4.98 Å². The van der Waals surface area contributed by atoms with E-state index in [9.17, 15) is 4.79 Å². The maximum absolute atomic E-state index is 11.3. The molecule has 1 aliphatic rings. The first-order valence-corrected chi connectivity index (χ1v) is 4.50. The lowest BCUT2D eigenvalue weighted by Gasteiger charge is -2.24. The first-order valence-electron chi connectivity index (χ1n) is 4.50. The van der Waals surface area contributed by atoms with Crippen molar-refractivity contribution in [1.82, 2.24) is 20.5 Å². The minimum absolute atomic E-state index is 0.163. The van der Waals surface area contributed by atoms with E-state index in [1.54, 1.807) is 0 Å². The minimum atomic E-state index is -0.163. The number of carbonyl (C=O) groups is 1. The Morgan fingerprint density at radius 1 is 1.69 bits per heavy atom. The van der Waals surface area contributed by atoms with Crippen LogP contribution in [0.2, 0.25) is 0 Å². The topological polar surface area (TPSA) is 70.7 Å². The summed E-state index contributed by atoms with van der Waals surface area (Å²) in [6.07, 6.45) is 5.09. The van der Waals surface area contributed by atoms with Crippen LogP contribution in [-0.4, -0.2) is 27.6 Å². The molecule has 1 amide bonds. The SMILES string of the molecule is O=C(NCC1CCC1)c1ncn[nH]1. The Labute approximate surface area is 75.9 Å². The Morgan fingerprint density at radius 3 is 3.08 bits per heavy atom.